The topological polar surface area (TPSA) is 92.1 Å². The van der Waals surface area contributed by atoms with Gasteiger partial charge in [0.2, 0.25) is 5.43 Å². The summed E-state index contributed by atoms with van der Waals surface area (Å²) in [6, 6.07) is 1.37. The van der Waals surface area contributed by atoms with Crippen molar-refractivity contribution in [3.63, 3.8) is 0 Å². The van der Waals surface area contributed by atoms with E-state index >= 15 is 4.39 Å². The van der Waals surface area contributed by atoms with Crippen molar-refractivity contribution in [2.45, 2.75) is 32.2 Å². The lowest BCUT2D eigenvalue weighted by Crippen LogP contribution is -2.47. The van der Waals surface area contributed by atoms with E-state index < -0.39 is 17.4 Å². The van der Waals surface area contributed by atoms with Crippen molar-refractivity contribution < 1.29 is 23.8 Å². The number of ketones is 1. The maximum Gasteiger partial charge on any atom is 0.511 e. The molecule has 0 bridgehead atoms. The Morgan fingerprint density at radius 1 is 1.26 bits per heavy atom. The van der Waals surface area contributed by atoms with Gasteiger partial charge in [-0.3, -0.25) is 14.5 Å². The number of hydrogen-bond acceptors (Lipinski definition) is 6. The molecule has 0 atom stereocenters. The molecule has 1 aliphatic carbocycles. The third kappa shape index (κ3) is 4.38. The Bertz CT molecular complexity index is 1110. The lowest BCUT2D eigenvalue weighted by atomic mass is 10.1. The van der Waals surface area contributed by atoms with Crippen LogP contribution in [-0.4, -0.2) is 59.2 Å². The molecule has 31 heavy (non-hydrogen) atoms. The number of Topliss-reactive ketones (excluding diaryl/α,β-unsaturated/α-hetero) is 1. The minimum atomic E-state index is -1.61. The molecule has 1 aliphatic heterocycles. The van der Waals surface area contributed by atoms with Gasteiger partial charge in [-0.05, 0) is 25.8 Å². The number of benzene rings is 1. The van der Waals surface area contributed by atoms with E-state index in [-0.39, 0.29) is 39.2 Å². The van der Waals surface area contributed by atoms with Crippen LogP contribution < -0.4 is 15.1 Å². The molecule has 8 nitrogen and oxygen atoms in total. The van der Waals surface area contributed by atoms with Crippen LogP contribution in [0.15, 0.2) is 17.1 Å². The first-order valence-electron chi connectivity index (χ1n) is 10.2. The summed E-state index contributed by atoms with van der Waals surface area (Å²) in [5.41, 5.74) is -0.361. The Balaban J connectivity index is 1.72. The Kier molecular flexibility index (Phi) is 5.90. The van der Waals surface area contributed by atoms with Crippen molar-refractivity contribution in [1.82, 2.24) is 9.47 Å². The van der Waals surface area contributed by atoms with Gasteiger partial charge in [-0.25, -0.2) is 9.18 Å². The van der Waals surface area contributed by atoms with E-state index in [9.17, 15) is 14.4 Å². The van der Waals surface area contributed by atoms with Crippen LogP contribution in [0.4, 0.5) is 14.9 Å². The van der Waals surface area contributed by atoms with E-state index in [4.69, 9.17) is 16.7 Å². The standard InChI is InChI=1S/C21H23ClFN3O5/c1-12(27)4-5-24-6-8-25(9-7-24)19-15(22)10-14-18(17(19)23)26(13-2-3-13)11-16(20(14)28)31-21(29)30/h10-11,13H,2-9H2,1H3,(H,29,30). The second-order valence-electron chi connectivity index (χ2n) is 8.03. The van der Waals surface area contributed by atoms with E-state index in [1.165, 1.54) is 12.3 Å². The highest BCUT2D eigenvalue weighted by Crippen LogP contribution is 2.41. The molecule has 1 N–H and O–H groups in total. The number of pyridine rings is 1. The molecule has 166 valence electrons. The van der Waals surface area contributed by atoms with Crippen LogP contribution in [0.5, 0.6) is 5.75 Å². The highest BCUT2D eigenvalue weighted by atomic mass is 35.5. The van der Waals surface area contributed by atoms with Crippen LogP contribution in [0.25, 0.3) is 10.9 Å². The van der Waals surface area contributed by atoms with Gasteiger partial charge in [-0.1, -0.05) is 11.6 Å². The smallest absolute Gasteiger partial charge is 0.449 e. The number of halogens is 2. The van der Waals surface area contributed by atoms with Crippen LogP contribution in [0.1, 0.15) is 32.2 Å². The van der Waals surface area contributed by atoms with Crippen molar-refractivity contribution in [1.29, 1.82) is 0 Å². The molecule has 1 aromatic heterocycles. The minimum Gasteiger partial charge on any atom is -0.449 e. The van der Waals surface area contributed by atoms with E-state index in [2.05, 4.69) is 9.64 Å². The third-order valence-electron chi connectivity index (χ3n) is 5.76. The van der Waals surface area contributed by atoms with Crippen LogP contribution in [0.2, 0.25) is 5.02 Å². The second-order valence-corrected chi connectivity index (χ2v) is 8.43. The summed E-state index contributed by atoms with van der Waals surface area (Å²) in [6.07, 6.45) is 1.76. The van der Waals surface area contributed by atoms with Crippen molar-refractivity contribution in [2.75, 3.05) is 37.6 Å². The largest absolute Gasteiger partial charge is 0.511 e. The first-order chi connectivity index (χ1) is 14.8. The van der Waals surface area contributed by atoms with Crippen molar-refractivity contribution in [3.05, 3.63) is 33.3 Å². The first kappa shape index (κ1) is 21.6. The Morgan fingerprint density at radius 3 is 2.52 bits per heavy atom. The predicted octanol–water partition coefficient (Wildman–Crippen LogP) is 3.29. The van der Waals surface area contributed by atoms with E-state index in [1.54, 1.807) is 11.5 Å². The van der Waals surface area contributed by atoms with Crippen LogP contribution in [-0.2, 0) is 4.79 Å². The summed E-state index contributed by atoms with van der Waals surface area (Å²) in [4.78, 5) is 38.9. The van der Waals surface area contributed by atoms with Gasteiger partial charge in [0.15, 0.2) is 11.6 Å². The first-order valence-corrected chi connectivity index (χ1v) is 10.6. The summed E-state index contributed by atoms with van der Waals surface area (Å²) in [7, 11) is 0. The Hall–Kier alpha value is -2.65. The Morgan fingerprint density at radius 2 is 1.94 bits per heavy atom. The number of piperazine rings is 1. The zero-order chi connectivity index (χ0) is 22.3. The summed E-state index contributed by atoms with van der Waals surface area (Å²) in [5.74, 6) is -0.824. The average Bonchev–Trinajstić information content (AvgIpc) is 3.54. The number of carbonyl (C=O) groups excluding carboxylic acids is 1. The summed E-state index contributed by atoms with van der Waals surface area (Å²) >= 11 is 6.41. The minimum absolute atomic E-state index is 0.00278. The van der Waals surface area contributed by atoms with Crippen LogP contribution in [0, 0.1) is 5.82 Å². The van der Waals surface area contributed by atoms with Gasteiger partial charge in [0.05, 0.1) is 27.8 Å². The monoisotopic (exact) mass is 451 g/mol. The normalized spacial score (nSPS) is 17.2. The van der Waals surface area contributed by atoms with Gasteiger partial charge < -0.3 is 19.3 Å². The van der Waals surface area contributed by atoms with Gasteiger partial charge in [0, 0.05) is 45.2 Å². The van der Waals surface area contributed by atoms with E-state index in [0.29, 0.717) is 39.1 Å². The molecule has 10 heteroatoms. The van der Waals surface area contributed by atoms with Gasteiger partial charge in [-0.2, -0.15) is 0 Å². The third-order valence-corrected chi connectivity index (χ3v) is 6.05. The summed E-state index contributed by atoms with van der Waals surface area (Å²) < 4.78 is 22.0. The SMILES string of the molecule is CC(=O)CCN1CCN(c2c(Cl)cc3c(=O)c(OC(=O)O)cn(C4CC4)c3c2F)CC1. The maximum absolute atomic E-state index is 15.8. The fourth-order valence-electron chi connectivity index (χ4n) is 4.01. The molecular formula is C21H23ClFN3O5. The second kappa shape index (κ2) is 8.47. The summed E-state index contributed by atoms with van der Waals surface area (Å²) in [6.45, 7) is 4.64. The lowest BCUT2D eigenvalue weighted by molar-refractivity contribution is -0.117. The number of carboxylic acid groups (broad SMARTS) is 1. The van der Waals surface area contributed by atoms with Crippen LogP contribution in [0.3, 0.4) is 0 Å². The molecule has 4 rings (SSSR count). The zero-order valence-electron chi connectivity index (χ0n) is 17.1. The molecule has 2 fully saturated rings. The molecule has 1 saturated heterocycles. The molecule has 0 radical (unpaired) electrons. The number of ether oxygens (including phenoxy) is 1. The number of rotatable bonds is 6. The molecular weight excluding hydrogens is 429 g/mol. The number of hydrogen-bond donors (Lipinski definition) is 1. The maximum atomic E-state index is 15.8. The molecule has 2 heterocycles. The van der Waals surface area contributed by atoms with Gasteiger partial charge in [0.1, 0.15) is 5.78 Å². The number of carbonyl (C=O) groups is 2. The number of anilines is 1. The average molecular weight is 452 g/mol. The van der Waals surface area contributed by atoms with Gasteiger partial charge in [0.25, 0.3) is 0 Å². The van der Waals surface area contributed by atoms with Crippen molar-refractivity contribution >= 4 is 40.1 Å². The fourth-order valence-corrected chi connectivity index (χ4v) is 4.33. The van der Waals surface area contributed by atoms with Gasteiger partial charge >= 0.3 is 6.16 Å². The quantitative estimate of drug-likeness (QED) is 0.674. The predicted molar refractivity (Wildman–Crippen MR) is 114 cm³/mol. The number of nitrogens with zero attached hydrogens (tertiary/aromatic N) is 3. The highest BCUT2D eigenvalue weighted by Gasteiger charge is 2.31. The molecule has 0 amide bonds. The summed E-state index contributed by atoms with van der Waals surface area (Å²) in [5, 5.41) is 9.01. The van der Waals surface area contributed by atoms with E-state index in [0.717, 1.165) is 12.8 Å². The molecule has 1 saturated carbocycles. The lowest BCUT2D eigenvalue weighted by Gasteiger charge is -2.36. The molecule has 0 unspecified atom stereocenters. The molecule has 1 aromatic carbocycles. The Labute approximate surface area is 182 Å². The van der Waals surface area contributed by atoms with Crippen LogP contribution >= 0.6 is 11.6 Å². The highest BCUT2D eigenvalue weighted by molar-refractivity contribution is 6.34. The molecule has 2 aromatic rings. The van der Waals surface area contributed by atoms with Crippen molar-refractivity contribution in [3.8, 4) is 5.75 Å². The fraction of sp³-hybridized carbons (Fsp3) is 0.476. The van der Waals surface area contributed by atoms with Crippen molar-refractivity contribution in [2.24, 2.45) is 0 Å². The molecule has 2 aliphatic rings. The zero-order valence-corrected chi connectivity index (χ0v) is 17.8. The number of aromatic nitrogens is 1. The molecule has 0 spiro atoms. The number of fused-ring (bicyclic) bond motifs is 1. The van der Waals surface area contributed by atoms with E-state index in [1.807, 2.05) is 4.90 Å². The van der Waals surface area contributed by atoms with Gasteiger partial charge in [-0.15, -0.1) is 0 Å².